The molecule has 1 aliphatic rings. The molecule has 0 amide bonds. The van der Waals surface area contributed by atoms with Gasteiger partial charge in [0, 0.05) is 18.9 Å². The molecular formula is C16H22O5. The lowest BCUT2D eigenvalue weighted by atomic mass is 9.81. The first-order chi connectivity index (χ1) is 9.79. The second kappa shape index (κ2) is 6.70. The molecule has 0 unspecified atom stereocenters. The van der Waals surface area contributed by atoms with E-state index in [1.165, 1.54) is 19.9 Å². The van der Waals surface area contributed by atoms with Gasteiger partial charge in [0.2, 0.25) is 5.78 Å². The fourth-order valence-corrected chi connectivity index (χ4v) is 2.35. The molecule has 0 heterocycles. The second-order valence-electron chi connectivity index (χ2n) is 5.22. The van der Waals surface area contributed by atoms with Crippen LogP contribution in [0.5, 0.6) is 0 Å². The molecule has 116 valence electrons. The Balaban J connectivity index is 3.29. The summed E-state index contributed by atoms with van der Waals surface area (Å²) in [7, 11) is 0. The zero-order chi connectivity index (χ0) is 16.2. The molecule has 0 aromatic carbocycles. The van der Waals surface area contributed by atoms with E-state index in [1.54, 1.807) is 6.92 Å². The van der Waals surface area contributed by atoms with Crippen molar-refractivity contribution in [1.82, 2.24) is 0 Å². The van der Waals surface area contributed by atoms with Crippen LogP contribution in [0.25, 0.3) is 0 Å². The number of ether oxygens (including phenoxy) is 1. The van der Waals surface area contributed by atoms with Crippen molar-refractivity contribution in [1.29, 1.82) is 0 Å². The average molecular weight is 294 g/mol. The molecule has 1 aliphatic carbocycles. The maximum atomic E-state index is 12.4. The summed E-state index contributed by atoms with van der Waals surface area (Å²) in [5, 5.41) is 10.1. The highest BCUT2D eigenvalue weighted by molar-refractivity contribution is 6.11. The summed E-state index contributed by atoms with van der Waals surface area (Å²) in [6.07, 6.45) is 3.35. The number of carbonyl (C=O) groups is 3. The first-order valence-corrected chi connectivity index (χ1v) is 7.19. The van der Waals surface area contributed by atoms with E-state index in [0.29, 0.717) is 6.42 Å². The van der Waals surface area contributed by atoms with E-state index in [9.17, 15) is 19.5 Å². The fourth-order valence-electron chi connectivity index (χ4n) is 2.35. The standard InChI is InChI=1S/C16H22O5/c1-5-7-8-13(18)12-9-16(6-2,21-11(4)17)15(20)10(3)14(12)19/h9,19H,5-8H2,1-4H3/t16-/m0/s1. The molecule has 0 fully saturated rings. The molecule has 0 radical (unpaired) electrons. The van der Waals surface area contributed by atoms with Crippen LogP contribution in [0.4, 0.5) is 0 Å². The van der Waals surface area contributed by atoms with Crippen LogP contribution < -0.4 is 0 Å². The summed E-state index contributed by atoms with van der Waals surface area (Å²) in [5.74, 6) is -1.63. The molecule has 5 nitrogen and oxygen atoms in total. The molecule has 0 aliphatic heterocycles. The minimum Gasteiger partial charge on any atom is -0.507 e. The fraction of sp³-hybridized carbons (Fsp3) is 0.562. The zero-order valence-corrected chi connectivity index (χ0v) is 13.0. The predicted octanol–water partition coefficient (Wildman–Crippen LogP) is 2.80. The van der Waals surface area contributed by atoms with E-state index >= 15 is 0 Å². The normalized spacial score (nSPS) is 22.1. The van der Waals surface area contributed by atoms with Crippen molar-refractivity contribution >= 4 is 17.5 Å². The minimum atomic E-state index is -1.49. The lowest BCUT2D eigenvalue weighted by Crippen LogP contribution is -2.44. The SMILES string of the molecule is CCCCC(=O)C1=C[C@](CC)(OC(C)=O)C(=O)C(C)=C1O. The summed E-state index contributed by atoms with van der Waals surface area (Å²) < 4.78 is 5.18. The zero-order valence-electron chi connectivity index (χ0n) is 13.0. The maximum Gasteiger partial charge on any atom is 0.303 e. The van der Waals surface area contributed by atoms with Crippen LogP contribution in [-0.4, -0.2) is 28.2 Å². The third-order valence-corrected chi connectivity index (χ3v) is 3.62. The van der Waals surface area contributed by atoms with Crippen LogP contribution in [-0.2, 0) is 19.1 Å². The van der Waals surface area contributed by atoms with Crippen molar-refractivity contribution in [2.75, 3.05) is 0 Å². The average Bonchev–Trinajstić information content (AvgIpc) is 2.45. The number of unbranched alkanes of at least 4 members (excludes halogenated alkanes) is 1. The van der Waals surface area contributed by atoms with E-state index < -0.39 is 17.4 Å². The smallest absolute Gasteiger partial charge is 0.303 e. The van der Waals surface area contributed by atoms with E-state index in [4.69, 9.17) is 4.74 Å². The molecular weight excluding hydrogens is 272 g/mol. The van der Waals surface area contributed by atoms with Gasteiger partial charge in [0.1, 0.15) is 5.76 Å². The summed E-state index contributed by atoms with van der Waals surface area (Å²) in [5.41, 5.74) is -1.36. The Morgan fingerprint density at radius 1 is 1.33 bits per heavy atom. The number of rotatable bonds is 6. The van der Waals surface area contributed by atoms with E-state index in [0.717, 1.165) is 6.42 Å². The summed E-state index contributed by atoms with van der Waals surface area (Å²) >= 11 is 0. The quantitative estimate of drug-likeness (QED) is 0.762. The van der Waals surface area contributed by atoms with Gasteiger partial charge in [-0.3, -0.25) is 14.4 Å². The molecule has 1 rings (SSSR count). The van der Waals surface area contributed by atoms with Crippen LogP contribution in [0.2, 0.25) is 0 Å². The third-order valence-electron chi connectivity index (χ3n) is 3.62. The predicted molar refractivity (Wildman–Crippen MR) is 77.7 cm³/mol. The van der Waals surface area contributed by atoms with Gasteiger partial charge in [-0.2, -0.15) is 0 Å². The van der Waals surface area contributed by atoms with Crippen LogP contribution in [0.3, 0.4) is 0 Å². The van der Waals surface area contributed by atoms with Crippen molar-refractivity contribution in [3.8, 4) is 0 Å². The molecule has 0 aromatic rings. The van der Waals surface area contributed by atoms with E-state index in [-0.39, 0.29) is 35.5 Å². The molecule has 1 N–H and O–H groups in total. The maximum absolute atomic E-state index is 12.4. The Bertz CT molecular complexity index is 527. The Labute approximate surface area is 124 Å². The molecule has 1 atom stereocenters. The van der Waals surface area contributed by atoms with Gasteiger partial charge in [-0.25, -0.2) is 0 Å². The Morgan fingerprint density at radius 2 is 1.95 bits per heavy atom. The van der Waals surface area contributed by atoms with Crippen LogP contribution in [0.15, 0.2) is 23.0 Å². The van der Waals surface area contributed by atoms with Crippen LogP contribution in [0, 0.1) is 0 Å². The minimum absolute atomic E-state index is 0.0560. The molecule has 0 spiro atoms. The number of esters is 1. The van der Waals surface area contributed by atoms with Crippen LogP contribution in [0.1, 0.15) is 53.4 Å². The highest BCUT2D eigenvalue weighted by Crippen LogP contribution is 2.33. The van der Waals surface area contributed by atoms with Gasteiger partial charge >= 0.3 is 5.97 Å². The Morgan fingerprint density at radius 3 is 2.43 bits per heavy atom. The van der Waals surface area contributed by atoms with Crippen LogP contribution >= 0.6 is 0 Å². The number of aliphatic hydroxyl groups is 1. The molecule has 0 bridgehead atoms. The van der Waals surface area contributed by atoms with Crippen molar-refractivity contribution in [3.63, 3.8) is 0 Å². The van der Waals surface area contributed by atoms with Gasteiger partial charge in [0.25, 0.3) is 0 Å². The number of Topliss-reactive ketones (excluding diaryl/α,β-unsaturated/α-hetero) is 2. The Kier molecular flexibility index (Phi) is 5.47. The number of hydrogen-bond donors (Lipinski definition) is 1. The van der Waals surface area contributed by atoms with Crippen molar-refractivity contribution in [3.05, 3.63) is 23.0 Å². The lowest BCUT2D eigenvalue weighted by Gasteiger charge is -2.32. The topological polar surface area (TPSA) is 80.7 Å². The highest BCUT2D eigenvalue weighted by atomic mass is 16.6. The van der Waals surface area contributed by atoms with Gasteiger partial charge in [0.05, 0.1) is 5.57 Å². The molecule has 0 saturated carbocycles. The van der Waals surface area contributed by atoms with Gasteiger partial charge in [-0.15, -0.1) is 0 Å². The number of ketones is 2. The third kappa shape index (κ3) is 3.40. The number of allylic oxidation sites excluding steroid dienone is 1. The number of hydrogen-bond acceptors (Lipinski definition) is 5. The van der Waals surface area contributed by atoms with Gasteiger partial charge < -0.3 is 9.84 Å². The first kappa shape index (κ1) is 17.1. The summed E-state index contributed by atoms with van der Waals surface area (Å²) in [6, 6.07) is 0. The van der Waals surface area contributed by atoms with E-state index in [2.05, 4.69) is 0 Å². The van der Waals surface area contributed by atoms with E-state index in [1.807, 2.05) is 6.92 Å². The van der Waals surface area contributed by atoms with Gasteiger partial charge in [0.15, 0.2) is 11.4 Å². The summed E-state index contributed by atoms with van der Waals surface area (Å²) in [6.45, 7) is 6.31. The van der Waals surface area contributed by atoms with Gasteiger partial charge in [-0.05, 0) is 25.8 Å². The summed E-state index contributed by atoms with van der Waals surface area (Å²) in [4.78, 5) is 35.8. The molecule has 5 heteroatoms. The van der Waals surface area contributed by atoms with Crippen molar-refractivity contribution in [2.45, 2.75) is 59.0 Å². The second-order valence-corrected chi connectivity index (χ2v) is 5.22. The molecule has 0 aromatic heterocycles. The van der Waals surface area contributed by atoms with Crippen molar-refractivity contribution < 1.29 is 24.2 Å². The highest BCUT2D eigenvalue weighted by Gasteiger charge is 2.44. The lowest BCUT2D eigenvalue weighted by molar-refractivity contribution is -0.159. The Hall–Kier alpha value is -1.91. The number of carbonyl (C=O) groups excluding carboxylic acids is 3. The first-order valence-electron chi connectivity index (χ1n) is 7.19. The largest absolute Gasteiger partial charge is 0.507 e. The van der Waals surface area contributed by atoms with Gasteiger partial charge in [-0.1, -0.05) is 20.3 Å². The number of aliphatic hydroxyl groups excluding tert-OH is 1. The molecule has 0 saturated heterocycles. The monoisotopic (exact) mass is 294 g/mol. The van der Waals surface area contributed by atoms with Crippen molar-refractivity contribution in [2.24, 2.45) is 0 Å². The molecule has 21 heavy (non-hydrogen) atoms.